The molecule has 1 heterocycles. The molecule has 0 aromatic carbocycles. The van der Waals surface area contributed by atoms with Gasteiger partial charge in [-0.05, 0) is 38.5 Å². The average molecular weight is 810 g/mol. The summed E-state index contributed by atoms with van der Waals surface area (Å²) in [7, 11) is 0. The van der Waals surface area contributed by atoms with Gasteiger partial charge in [-0.15, -0.1) is 0 Å². The van der Waals surface area contributed by atoms with Crippen molar-refractivity contribution in [2.45, 2.75) is 262 Å². The summed E-state index contributed by atoms with van der Waals surface area (Å²) in [6.07, 6.45) is 39.6. The first-order chi connectivity index (χ1) is 27.8. The molecular formula is C48H91NO8. The van der Waals surface area contributed by atoms with Gasteiger partial charge in [-0.3, -0.25) is 4.79 Å². The number of ether oxygens (including phenoxy) is 2. The van der Waals surface area contributed by atoms with Crippen LogP contribution in [0.15, 0.2) is 24.3 Å². The molecule has 0 radical (unpaired) electrons. The molecule has 1 amide bonds. The Hall–Kier alpha value is -1.33. The summed E-state index contributed by atoms with van der Waals surface area (Å²) in [4.78, 5) is 12.9. The number of aliphatic hydroxyl groups is 5. The van der Waals surface area contributed by atoms with Crippen LogP contribution in [0.1, 0.15) is 219 Å². The molecule has 1 rings (SSSR count). The summed E-state index contributed by atoms with van der Waals surface area (Å²) in [5.74, 6) is -0.188. The van der Waals surface area contributed by atoms with Crippen LogP contribution in [0.25, 0.3) is 0 Å². The molecule has 336 valence electrons. The molecule has 57 heavy (non-hydrogen) atoms. The molecule has 9 heteroatoms. The van der Waals surface area contributed by atoms with E-state index >= 15 is 0 Å². The van der Waals surface area contributed by atoms with E-state index in [1.807, 2.05) is 6.08 Å². The Morgan fingerprint density at radius 3 is 1.49 bits per heavy atom. The van der Waals surface area contributed by atoms with Crippen molar-refractivity contribution in [3.05, 3.63) is 24.3 Å². The molecular weight excluding hydrogens is 719 g/mol. The number of rotatable bonds is 40. The van der Waals surface area contributed by atoms with E-state index in [9.17, 15) is 30.3 Å². The van der Waals surface area contributed by atoms with E-state index < -0.39 is 49.5 Å². The van der Waals surface area contributed by atoms with Crippen molar-refractivity contribution in [2.24, 2.45) is 0 Å². The monoisotopic (exact) mass is 810 g/mol. The second-order valence-electron chi connectivity index (χ2n) is 16.9. The number of amides is 1. The van der Waals surface area contributed by atoms with Gasteiger partial charge in [-0.25, -0.2) is 0 Å². The zero-order valence-electron chi connectivity index (χ0n) is 36.9. The normalized spacial score (nSPS) is 21.1. The zero-order valence-corrected chi connectivity index (χ0v) is 36.9. The number of carbonyl (C=O) groups excluding carboxylic acids is 1. The molecule has 0 aromatic rings. The van der Waals surface area contributed by atoms with Crippen LogP contribution in [-0.2, 0) is 14.3 Å². The van der Waals surface area contributed by atoms with Crippen molar-refractivity contribution in [1.29, 1.82) is 0 Å². The first-order valence-electron chi connectivity index (χ1n) is 24.1. The third kappa shape index (κ3) is 29.5. The molecule has 6 N–H and O–H groups in total. The second kappa shape index (κ2) is 38.8. The lowest BCUT2D eigenvalue weighted by molar-refractivity contribution is -0.302. The molecule has 7 unspecified atom stereocenters. The van der Waals surface area contributed by atoms with Crippen LogP contribution in [0.3, 0.4) is 0 Å². The Bertz CT molecular complexity index is 945. The van der Waals surface area contributed by atoms with Crippen molar-refractivity contribution < 1.29 is 39.8 Å². The zero-order chi connectivity index (χ0) is 41.6. The molecule has 0 aliphatic carbocycles. The largest absolute Gasteiger partial charge is 0.394 e. The predicted octanol–water partition coefficient (Wildman–Crippen LogP) is 10.3. The van der Waals surface area contributed by atoms with E-state index in [0.29, 0.717) is 6.42 Å². The highest BCUT2D eigenvalue weighted by molar-refractivity contribution is 5.76. The molecule has 1 saturated heterocycles. The summed E-state index contributed by atoms with van der Waals surface area (Å²) in [5.41, 5.74) is 0. The van der Waals surface area contributed by atoms with Crippen LogP contribution in [0.4, 0.5) is 0 Å². The highest BCUT2D eigenvalue weighted by atomic mass is 16.7. The van der Waals surface area contributed by atoms with Crippen LogP contribution in [0, 0.1) is 0 Å². The summed E-state index contributed by atoms with van der Waals surface area (Å²) < 4.78 is 11.2. The van der Waals surface area contributed by atoms with Gasteiger partial charge in [0.15, 0.2) is 6.29 Å². The molecule has 1 fully saturated rings. The first kappa shape index (κ1) is 53.7. The van der Waals surface area contributed by atoms with Gasteiger partial charge < -0.3 is 40.3 Å². The number of aliphatic hydroxyl groups excluding tert-OH is 5. The van der Waals surface area contributed by atoms with Gasteiger partial charge in [-0.2, -0.15) is 0 Å². The van der Waals surface area contributed by atoms with Crippen LogP contribution in [0.2, 0.25) is 0 Å². The average Bonchev–Trinajstić information content (AvgIpc) is 3.21. The van der Waals surface area contributed by atoms with Gasteiger partial charge >= 0.3 is 0 Å². The van der Waals surface area contributed by atoms with E-state index in [2.05, 4.69) is 31.3 Å². The van der Waals surface area contributed by atoms with E-state index in [4.69, 9.17) is 9.47 Å². The molecule has 0 bridgehead atoms. The minimum absolute atomic E-state index is 0.188. The fourth-order valence-electron chi connectivity index (χ4n) is 7.63. The standard InChI is InChI=1S/C48H91NO8/c1-3-5-7-9-11-13-15-16-17-18-19-20-21-22-23-24-25-26-27-28-29-31-33-35-37-42(51)41(40-56-48-47(55)46(54)45(53)43(39-50)57-48)49-44(52)38-36-34-32-30-14-12-10-8-6-4-2/h8,10,35,37,41-43,45-48,50-51,53-55H,3-7,9,11-34,36,38-40H2,1-2H3,(H,49,52)/b10-8-,37-35+. The fraction of sp³-hybridized carbons (Fsp3) is 0.896. The first-order valence-corrected chi connectivity index (χ1v) is 24.1. The number of allylic oxidation sites excluding steroid dienone is 3. The lowest BCUT2D eigenvalue weighted by Crippen LogP contribution is -2.60. The number of nitrogens with one attached hydrogen (secondary N) is 1. The molecule has 1 aliphatic rings. The Morgan fingerprint density at radius 1 is 0.579 bits per heavy atom. The van der Waals surface area contributed by atoms with Crippen molar-refractivity contribution in [1.82, 2.24) is 5.32 Å². The van der Waals surface area contributed by atoms with E-state index in [1.54, 1.807) is 6.08 Å². The predicted molar refractivity (Wildman–Crippen MR) is 235 cm³/mol. The van der Waals surface area contributed by atoms with Crippen LogP contribution < -0.4 is 5.32 Å². The van der Waals surface area contributed by atoms with Gasteiger partial charge in [0.1, 0.15) is 24.4 Å². The smallest absolute Gasteiger partial charge is 0.220 e. The summed E-state index contributed by atoms with van der Waals surface area (Å²) in [5, 5.41) is 54.1. The SMILES string of the molecule is CCC/C=C\CCCCCCCC(=O)NC(COC1OC(CO)C(O)C(O)C1O)C(O)/C=C/CCCCCCCCCCCCCCCCCCCCCCCC. The van der Waals surface area contributed by atoms with Crippen molar-refractivity contribution >= 4 is 5.91 Å². The summed E-state index contributed by atoms with van der Waals surface area (Å²) >= 11 is 0. The Labute approximate surface area is 349 Å². The van der Waals surface area contributed by atoms with E-state index in [0.717, 1.165) is 64.2 Å². The van der Waals surface area contributed by atoms with Crippen LogP contribution >= 0.6 is 0 Å². The third-order valence-corrected chi connectivity index (χ3v) is 11.5. The highest BCUT2D eigenvalue weighted by Gasteiger charge is 2.44. The third-order valence-electron chi connectivity index (χ3n) is 11.5. The van der Waals surface area contributed by atoms with Gasteiger partial charge in [0.05, 0.1) is 25.4 Å². The molecule has 1 aliphatic heterocycles. The Balaban J connectivity index is 2.25. The van der Waals surface area contributed by atoms with Gasteiger partial charge in [0.25, 0.3) is 0 Å². The minimum atomic E-state index is -1.56. The molecule has 9 nitrogen and oxygen atoms in total. The molecule has 0 spiro atoms. The summed E-state index contributed by atoms with van der Waals surface area (Å²) in [6, 6.07) is -0.805. The lowest BCUT2D eigenvalue weighted by atomic mass is 9.99. The maximum absolute atomic E-state index is 12.9. The Morgan fingerprint density at radius 2 is 1.02 bits per heavy atom. The maximum Gasteiger partial charge on any atom is 0.220 e. The number of hydrogen-bond donors (Lipinski definition) is 6. The van der Waals surface area contributed by atoms with Crippen molar-refractivity contribution in [3.63, 3.8) is 0 Å². The highest BCUT2D eigenvalue weighted by Crippen LogP contribution is 2.23. The topological polar surface area (TPSA) is 149 Å². The number of hydrogen-bond acceptors (Lipinski definition) is 8. The van der Waals surface area contributed by atoms with E-state index in [1.165, 1.54) is 135 Å². The molecule has 0 saturated carbocycles. The van der Waals surface area contributed by atoms with Crippen LogP contribution in [0.5, 0.6) is 0 Å². The molecule has 7 atom stereocenters. The summed E-state index contributed by atoms with van der Waals surface area (Å²) in [6.45, 7) is 3.71. The number of unbranched alkanes of at least 4 members (excludes halogenated alkanes) is 28. The lowest BCUT2D eigenvalue weighted by Gasteiger charge is -2.40. The van der Waals surface area contributed by atoms with Gasteiger partial charge in [-0.1, -0.05) is 199 Å². The second-order valence-corrected chi connectivity index (χ2v) is 16.9. The quantitative estimate of drug-likeness (QED) is 0.0265. The fourth-order valence-corrected chi connectivity index (χ4v) is 7.63. The maximum atomic E-state index is 12.9. The van der Waals surface area contributed by atoms with Crippen LogP contribution in [-0.4, -0.2) is 87.5 Å². The van der Waals surface area contributed by atoms with Gasteiger partial charge in [0, 0.05) is 6.42 Å². The molecule has 0 aromatic heterocycles. The Kier molecular flexibility index (Phi) is 36.6. The minimum Gasteiger partial charge on any atom is -0.394 e. The van der Waals surface area contributed by atoms with Crippen molar-refractivity contribution in [3.8, 4) is 0 Å². The number of carbonyl (C=O) groups is 1. The van der Waals surface area contributed by atoms with E-state index in [-0.39, 0.29) is 12.5 Å². The van der Waals surface area contributed by atoms with Crippen molar-refractivity contribution in [2.75, 3.05) is 13.2 Å². The van der Waals surface area contributed by atoms with Gasteiger partial charge in [0.2, 0.25) is 5.91 Å².